The van der Waals surface area contributed by atoms with Crippen LogP contribution in [0.5, 0.6) is 0 Å². The Hall–Kier alpha value is -4.88. The van der Waals surface area contributed by atoms with Gasteiger partial charge in [-0.1, -0.05) is 49.3 Å². The molecule has 2 heterocycles. The van der Waals surface area contributed by atoms with E-state index in [0.717, 1.165) is 0 Å². The van der Waals surface area contributed by atoms with E-state index in [1.54, 1.807) is 45.9 Å². The highest BCUT2D eigenvalue weighted by atomic mass is 16.6. The molecule has 230 valence electrons. The fraction of sp³-hybridized carbons (Fsp3) is 0.448. The van der Waals surface area contributed by atoms with Crippen LogP contribution in [0.3, 0.4) is 0 Å². The molecule has 0 aliphatic carbocycles. The van der Waals surface area contributed by atoms with Gasteiger partial charge in [-0.05, 0) is 44.2 Å². The molecule has 1 unspecified atom stereocenters. The van der Waals surface area contributed by atoms with Crippen LogP contribution in [0.4, 0.5) is 5.82 Å². The number of anilines is 1. The maximum atomic E-state index is 13.5. The molecule has 2 atom stereocenters. The van der Waals surface area contributed by atoms with E-state index in [1.807, 2.05) is 13.8 Å². The first-order chi connectivity index (χ1) is 20.3. The lowest BCUT2D eigenvalue weighted by molar-refractivity contribution is -0.141. The van der Waals surface area contributed by atoms with Crippen LogP contribution in [0.25, 0.3) is 0 Å². The lowest BCUT2D eigenvalue weighted by atomic mass is 10.0. The number of aromatic nitrogens is 4. The number of aliphatic carboxylic acids is 1. The lowest BCUT2D eigenvalue weighted by Crippen LogP contribution is -2.48. The Morgan fingerprint density at radius 1 is 1.09 bits per heavy atom. The van der Waals surface area contributed by atoms with Crippen molar-refractivity contribution in [2.45, 2.75) is 78.9 Å². The average molecular weight is 597 g/mol. The van der Waals surface area contributed by atoms with E-state index in [4.69, 9.17) is 9.37 Å². The summed E-state index contributed by atoms with van der Waals surface area (Å²) in [5.41, 5.74) is 2.53. The number of ketones is 1. The molecule has 3 N–H and O–H groups in total. The van der Waals surface area contributed by atoms with Gasteiger partial charge >= 0.3 is 11.9 Å². The summed E-state index contributed by atoms with van der Waals surface area (Å²) in [5.74, 6) is -3.80. The number of amides is 1. The molecule has 43 heavy (non-hydrogen) atoms. The van der Waals surface area contributed by atoms with Gasteiger partial charge in [0.2, 0.25) is 5.91 Å². The maximum absolute atomic E-state index is 13.5. The summed E-state index contributed by atoms with van der Waals surface area (Å²) in [4.78, 5) is 68.5. The third-order valence-electron chi connectivity index (χ3n) is 6.85. The van der Waals surface area contributed by atoms with E-state index in [1.165, 1.54) is 10.8 Å². The molecule has 0 fully saturated rings. The standard InChI is InChI=1S/C29H36N6O8/c1-7-22(35-13-21(15(2)3)31-26(28(35)40)30-12-20-18(6)33-43-34-20)27(39)32-19(11-24(37)38)23(36)14-42-29(41)25-16(4)9-8-10-17(25)5/h8-10,13,15,19,22H,7,11-12,14H2,1-6H3,(H,30,31)(H,32,39)(H,37,38)/t19-,22?/m0/s1. The molecule has 0 spiro atoms. The fourth-order valence-electron chi connectivity index (χ4n) is 4.37. The zero-order valence-corrected chi connectivity index (χ0v) is 25.0. The van der Waals surface area contributed by atoms with Gasteiger partial charge in [-0.3, -0.25) is 23.7 Å². The van der Waals surface area contributed by atoms with Crippen molar-refractivity contribution in [1.29, 1.82) is 0 Å². The first-order valence-electron chi connectivity index (χ1n) is 13.8. The van der Waals surface area contributed by atoms with Crippen LogP contribution in [-0.4, -0.2) is 61.2 Å². The molecule has 0 saturated carbocycles. The number of carboxylic acids is 1. The van der Waals surface area contributed by atoms with Crippen molar-refractivity contribution in [3.63, 3.8) is 0 Å². The first-order valence-corrected chi connectivity index (χ1v) is 13.8. The molecular formula is C29H36N6O8. The maximum Gasteiger partial charge on any atom is 0.339 e. The Morgan fingerprint density at radius 3 is 2.33 bits per heavy atom. The van der Waals surface area contributed by atoms with Crippen molar-refractivity contribution in [3.8, 4) is 0 Å². The summed E-state index contributed by atoms with van der Waals surface area (Å²) in [5, 5.41) is 22.3. The number of carboxylic acid groups (broad SMARTS) is 1. The SMILES string of the molecule is CCC(C(=O)N[C@@H](CC(=O)O)C(=O)COC(=O)c1c(C)cccc1C)n1cc(C(C)C)nc(NCc2nonc2C)c1=O. The van der Waals surface area contributed by atoms with Crippen molar-refractivity contribution in [1.82, 2.24) is 25.2 Å². The van der Waals surface area contributed by atoms with Crippen molar-refractivity contribution in [2.75, 3.05) is 11.9 Å². The second-order valence-electron chi connectivity index (χ2n) is 10.4. The van der Waals surface area contributed by atoms with Crippen molar-refractivity contribution >= 4 is 29.4 Å². The molecule has 14 heteroatoms. The van der Waals surface area contributed by atoms with Gasteiger partial charge in [-0.2, -0.15) is 0 Å². The fourth-order valence-corrected chi connectivity index (χ4v) is 4.37. The molecule has 14 nitrogen and oxygen atoms in total. The second kappa shape index (κ2) is 14.3. The molecule has 3 aromatic rings. The number of aryl methyl sites for hydroxylation is 3. The Labute approximate surface area is 247 Å². The van der Waals surface area contributed by atoms with Crippen LogP contribution in [-0.2, 0) is 25.7 Å². The molecular weight excluding hydrogens is 560 g/mol. The van der Waals surface area contributed by atoms with Crippen molar-refractivity contribution in [2.24, 2.45) is 0 Å². The van der Waals surface area contributed by atoms with Gasteiger partial charge < -0.3 is 20.5 Å². The quantitative estimate of drug-likeness (QED) is 0.231. The summed E-state index contributed by atoms with van der Waals surface area (Å²) in [6.07, 6.45) is 0.853. The minimum Gasteiger partial charge on any atom is -0.481 e. The predicted octanol–water partition coefficient (Wildman–Crippen LogP) is 2.62. The topological polar surface area (TPSA) is 196 Å². The van der Waals surface area contributed by atoms with E-state index >= 15 is 0 Å². The van der Waals surface area contributed by atoms with Crippen molar-refractivity contribution in [3.05, 3.63) is 68.5 Å². The minimum atomic E-state index is -1.51. The largest absolute Gasteiger partial charge is 0.481 e. The third-order valence-corrected chi connectivity index (χ3v) is 6.85. The van der Waals surface area contributed by atoms with E-state index in [-0.39, 0.29) is 24.7 Å². The van der Waals surface area contributed by atoms with Crippen LogP contribution in [0.1, 0.15) is 84.1 Å². The Bertz CT molecular complexity index is 1540. The number of benzene rings is 1. The Kier molecular flexibility index (Phi) is 10.9. The van der Waals surface area contributed by atoms with E-state index in [2.05, 4.69) is 25.9 Å². The third kappa shape index (κ3) is 8.11. The molecule has 0 aliphatic rings. The highest BCUT2D eigenvalue weighted by Gasteiger charge is 2.30. The van der Waals surface area contributed by atoms with Crippen LogP contribution in [0.2, 0.25) is 0 Å². The summed E-state index contributed by atoms with van der Waals surface area (Å²) in [6, 6.07) is 2.62. The number of hydrogen-bond donors (Lipinski definition) is 3. The molecule has 1 aromatic carbocycles. The van der Waals surface area contributed by atoms with Gasteiger partial charge in [0.1, 0.15) is 23.5 Å². The highest BCUT2D eigenvalue weighted by molar-refractivity contribution is 5.97. The van der Waals surface area contributed by atoms with E-state index in [0.29, 0.717) is 33.8 Å². The van der Waals surface area contributed by atoms with Crippen LogP contribution < -0.4 is 16.2 Å². The summed E-state index contributed by atoms with van der Waals surface area (Å²) >= 11 is 0. The van der Waals surface area contributed by atoms with E-state index in [9.17, 15) is 29.1 Å². The zero-order chi connectivity index (χ0) is 31.8. The number of hydrogen-bond acceptors (Lipinski definition) is 11. The number of ether oxygens (including phenoxy) is 1. The molecule has 0 aliphatic heterocycles. The van der Waals surface area contributed by atoms with Crippen LogP contribution in [0, 0.1) is 20.8 Å². The molecule has 1 amide bonds. The van der Waals surface area contributed by atoms with Gasteiger partial charge in [0, 0.05) is 6.20 Å². The smallest absolute Gasteiger partial charge is 0.339 e. The number of Topliss-reactive ketones (excluding diaryl/α,β-unsaturated/α-hetero) is 1. The summed E-state index contributed by atoms with van der Waals surface area (Å²) in [7, 11) is 0. The molecule has 3 rings (SSSR count). The Morgan fingerprint density at radius 2 is 1.77 bits per heavy atom. The van der Waals surface area contributed by atoms with E-state index < -0.39 is 54.3 Å². The van der Waals surface area contributed by atoms with Gasteiger partial charge in [0.25, 0.3) is 5.56 Å². The lowest BCUT2D eigenvalue weighted by Gasteiger charge is -2.23. The van der Waals surface area contributed by atoms with Gasteiger partial charge in [0.05, 0.1) is 24.2 Å². The molecule has 2 aromatic heterocycles. The highest BCUT2D eigenvalue weighted by Crippen LogP contribution is 2.18. The number of carbonyl (C=O) groups is 4. The Balaban J connectivity index is 1.83. The van der Waals surface area contributed by atoms with Gasteiger partial charge in [-0.25, -0.2) is 14.4 Å². The average Bonchev–Trinajstić information content (AvgIpc) is 3.35. The minimum absolute atomic E-state index is 0.0311. The van der Waals surface area contributed by atoms with Crippen molar-refractivity contribution < 1.29 is 33.7 Å². The summed E-state index contributed by atoms with van der Waals surface area (Å²) < 4.78 is 11.1. The molecule has 0 bridgehead atoms. The van der Waals surface area contributed by atoms with Crippen LogP contribution in [0.15, 0.2) is 33.8 Å². The zero-order valence-electron chi connectivity index (χ0n) is 25.0. The summed E-state index contributed by atoms with van der Waals surface area (Å²) in [6.45, 7) is 9.90. The van der Waals surface area contributed by atoms with Gasteiger partial charge in [-0.15, -0.1) is 0 Å². The van der Waals surface area contributed by atoms with Crippen LogP contribution >= 0.6 is 0 Å². The predicted molar refractivity (Wildman–Crippen MR) is 154 cm³/mol. The number of nitrogens with one attached hydrogen (secondary N) is 2. The number of rotatable bonds is 14. The second-order valence-corrected chi connectivity index (χ2v) is 10.4. The number of carbonyl (C=O) groups excluding carboxylic acids is 3. The van der Waals surface area contributed by atoms with Gasteiger partial charge in [0.15, 0.2) is 18.2 Å². The number of esters is 1. The number of nitrogens with zero attached hydrogens (tertiary/aromatic N) is 4. The normalized spacial score (nSPS) is 12.4. The molecule has 0 radical (unpaired) electrons. The molecule has 0 saturated heterocycles. The first kappa shape index (κ1) is 32.6. The monoisotopic (exact) mass is 596 g/mol.